The first-order chi connectivity index (χ1) is 17.9. The Morgan fingerprint density at radius 3 is 2.32 bits per heavy atom. The molecule has 2 aliphatic rings. The molecule has 214 valence electrons. The molecule has 2 aliphatic heterocycles. The fourth-order valence-corrected chi connectivity index (χ4v) is 7.13. The predicted molar refractivity (Wildman–Crippen MR) is 131 cm³/mol. The number of anilines is 1. The van der Waals surface area contributed by atoms with Gasteiger partial charge in [0.1, 0.15) is 5.75 Å². The van der Waals surface area contributed by atoms with Gasteiger partial charge >= 0.3 is 6.36 Å². The Kier molecular flexibility index (Phi) is 10.0. The monoisotopic (exact) mass is 565 g/mol. The number of piperidine rings is 1. The van der Waals surface area contributed by atoms with Crippen molar-refractivity contribution in [2.75, 3.05) is 38.3 Å². The van der Waals surface area contributed by atoms with E-state index in [1.54, 1.807) is 7.05 Å². The molecule has 2 heterocycles. The summed E-state index contributed by atoms with van der Waals surface area (Å²) < 4.78 is 72.3. The molecule has 0 spiro atoms. The van der Waals surface area contributed by atoms with Gasteiger partial charge in [-0.3, -0.25) is 14.8 Å². The minimum Gasteiger partial charge on any atom is -0.406 e. The smallest absolute Gasteiger partial charge is 0.406 e. The number of nitrogens with one attached hydrogen (secondary N) is 1. The van der Waals surface area contributed by atoms with Crippen LogP contribution in [0.1, 0.15) is 51.4 Å². The van der Waals surface area contributed by atoms with Crippen LogP contribution in [0.15, 0.2) is 24.3 Å². The zero-order valence-corrected chi connectivity index (χ0v) is 22.0. The number of nitrogens with zero attached hydrogens (tertiary/aromatic N) is 2. The highest BCUT2D eigenvalue weighted by Gasteiger charge is 2.54. The molecule has 38 heavy (non-hydrogen) atoms. The van der Waals surface area contributed by atoms with Crippen LogP contribution in [0.4, 0.5) is 18.9 Å². The molecule has 1 aromatic rings. The molecule has 2 fully saturated rings. The molecule has 2 amide bonds. The first-order valence-corrected chi connectivity index (χ1v) is 14.0. The van der Waals surface area contributed by atoms with E-state index in [1.165, 1.54) is 26.8 Å². The van der Waals surface area contributed by atoms with Gasteiger partial charge in [-0.15, -0.1) is 13.2 Å². The molecule has 14 heteroatoms. The second-order valence-corrected chi connectivity index (χ2v) is 11.9. The van der Waals surface area contributed by atoms with Crippen LogP contribution in [-0.4, -0.2) is 74.2 Å². The van der Waals surface area contributed by atoms with Crippen molar-refractivity contribution in [3.63, 3.8) is 0 Å². The van der Waals surface area contributed by atoms with Gasteiger partial charge in [0.05, 0.1) is 0 Å². The van der Waals surface area contributed by atoms with Crippen LogP contribution in [-0.2, 0) is 24.3 Å². The molecule has 2 N–H and O–H groups in total. The number of halogens is 3. The normalized spacial score (nSPS) is 19.1. The van der Waals surface area contributed by atoms with E-state index in [2.05, 4.69) is 4.74 Å². The lowest BCUT2D eigenvalue weighted by Crippen LogP contribution is -2.60. The summed E-state index contributed by atoms with van der Waals surface area (Å²) >= 11 is 0. The third-order valence-electron chi connectivity index (χ3n) is 7.31. The number of sulfonamides is 1. The number of carbonyl (C=O) groups is 2. The molecule has 0 atom stereocenters. The summed E-state index contributed by atoms with van der Waals surface area (Å²) in [7, 11) is -2.44. The van der Waals surface area contributed by atoms with Gasteiger partial charge in [0.15, 0.2) is 4.75 Å². The van der Waals surface area contributed by atoms with Crippen LogP contribution in [0.2, 0.25) is 0 Å². The van der Waals surface area contributed by atoms with Gasteiger partial charge in [-0.25, -0.2) is 18.2 Å². The van der Waals surface area contributed by atoms with Crippen LogP contribution in [0.3, 0.4) is 0 Å². The van der Waals surface area contributed by atoms with E-state index in [1.807, 2.05) is 0 Å². The number of hydrogen-bond donors (Lipinski definition) is 2. The second kappa shape index (κ2) is 12.6. The van der Waals surface area contributed by atoms with Crippen molar-refractivity contribution in [3.05, 3.63) is 24.3 Å². The number of rotatable bonds is 10. The number of hydroxylamine groups is 1. The average Bonchev–Trinajstić information content (AvgIpc) is 2.90. The minimum atomic E-state index is -4.78. The number of hydrogen-bond acceptors (Lipinski definition) is 7. The van der Waals surface area contributed by atoms with Crippen LogP contribution in [0, 0.1) is 5.92 Å². The lowest BCUT2D eigenvalue weighted by Gasteiger charge is -2.40. The summed E-state index contributed by atoms with van der Waals surface area (Å²) in [6.45, 7) is 0.803. The van der Waals surface area contributed by atoms with Crippen LogP contribution in [0.25, 0.3) is 0 Å². The van der Waals surface area contributed by atoms with Gasteiger partial charge in [-0.2, -0.15) is 0 Å². The first-order valence-electron chi connectivity index (χ1n) is 12.5. The molecule has 0 radical (unpaired) electrons. The maximum absolute atomic E-state index is 13.4. The molecule has 0 saturated carbocycles. The number of ether oxygens (including phenoxy) is 2. The largest absolute Gasteiger partial charge is 0.573 e. The van der Waals surface area contributed by atoms with Crippen molar-refractivity contribution in [2.24, 2.45) is 5.92 Å². The van der Waals surface area contributed by atoms with Crippen LogP contribution >= 0.6 is 0 Å². The highest BCUT2D eigenvalue weighted by molar-refractivity contribution is 7.91. The summed E-state index contributed by atoms with van der Waals surface area (Å²) in [4.78, 5) is 26.3. The first kappa shape index (κ1) is 30.1. The molecule has 0 unspecified atom stereocenters. The van der Waals surface area contributed by atoms with Crippen molar-refractivity contribution < 1.29 is 45.9 Å². The summed E-state index contributed by atoms with van der Waals surface area (Å²) in [5.41, 5.74) is 1.98. The van der Waals surface area contributed by atoms with Gasteiger partial charge in [0.2, 0.25) is 15.9 Å². The zero-order chi connectivity index (χ0) is 28.0. The van der Waals surface area contributed by atoms with E-state index in [4.69, 9.17) is 9.94 Å². The Balaban J connectivity index is 1.42. The van der Waals surface area contributed by atoms with Gasteiger partial charge in [-0.1, -0.05) is 12.8 Å². The van der Waals surface area contributed by atoms with Gasteiger partial charge in [0, 0.05) is 58.3 Å². The maximum Gasteiger partial charge on any atom is 0.573 e. The Morgan fingerprint density at radius 1 is 1.16 bits per heavy atom. The van der Waals surface area contributed by atoms with E-state index < -0.39 is 27.0 Å². The molecule has 2 saturated heterocycles. The van der Waals surface area contributed by atoms with Crippen molar-refractivity contribution in [2.45, 2.75) is 62.5 Å². The Morgan fingerprint density at radius 2 is 1.76 bits per heavy atom. The van der Waals surface area contributed by atoms with Gasteiger partial charge in [0.25, 0.3) is 5.91 Å². The molecule has 0 bridgehead atoms. The third-order valence-corrected chi connectivity index (χ3v) is 9.93. The number of carbonyl (C=O) groups excluding carboxylic acids is 2. The molecule has 0 aromatic heterocycles. The fraction of sp³-hybridized carbons (Fsp3) is 0.667. The van der Waals surface area contributed by atoms with E-state index >= 15 is 0 Å². The Bertz CT molecular complexity index is 1050. The Labute approximate surface area is 220 Å². The number of amides is 2. The standard InChI is InChI=1S/C24H34F3N3O7S/c1-29(19-6-8-20(9-7-19)37-24(25,26)27)21(31)5-3-2-4-18-10-14-30(15-11-18)38(34,35)23(22(32)28-33)12-16-36-17-13-23/h6-9,18,33H,2-5,10-17H2,1H3,(H,28,32). The van der Waals surface area contributed by atoms with Crippen molar-refractivity contribution in [3.8, 4) is 5.75 Å². The van der Waals surface area contributed by atoms with E-state index in [0.717, 1.165) is 25.0 Å². The molecular formula is C24H34F3N3O7S. The van der Waals surface area contributed by atoms with Gasteiger partial charge in [-0.05, 0) is 49.4 Å². The summed E-state index contributed by atoms with van der Waals surface area (Å²) in [6.07, 6.45) is -1.07. The van der Waals surface area contributed by atoms with Crippen molar-refractivity contribution in [1.29, 1.82) is 0 Å². The fourth-order valence-electron chi connectivity index (χ4n) is 4.98. The molecule has 3 rings (SSSR count). The maximum atomic E-state index is 13.4. The lowest BCUT2D eigenvalue weighted by molar-refractivity contribution is -0.274. The SMILES string of the molecule is CN(C(=O)CCCCC1CCN(S(=O)(=O)C2(C(=O)NO)CCOCC2)CC1)c1ccc(OC(F)(F)F)cc1. The highest BCUT2D eigenvalue weighted by Crippen LogP contribution is 2.35. The topological polar surface area (TPSA) is 125 Å². The molecular weight excluding hydrogens is 531 g/mol. The lowest BCUT2D eigenvalue weighted by atomic mass is 9.92. The average molecular weight is 566 g/mol. The minimum absolute atomic E-state index is 0.0182. The Hall–Kier alpha value is -2.42. The highest BCUT2D eigenvalue weighted by atomic mass is 32.2. The van der Waals surface area contributed by atoms with Crippen molar-refractivity contribution >= 4 is 27.5 Å². The van der Waals surface area contributed by atoms with Crippen LogP contribution in [0.5, 0.6) is 5.75 Å². The van der Waals surface area contributed by atoms with E-state index in [9.17, 15) is 31.2 Å². The predicted octanol–water partition coefficient (Wildman–Crippen LogP) is 3.20. The van der Waals surface area contributed by atoms with E-state index in [-0.39, 0.29) is 63.1 Å². The third kappa shape index (κ3) is 7.16. The second-order valence-electron chi connectivity index (χ2n) is 9.64. The number of benzene rings is 1. The zero-order valence-electron chi connectivity index (χ0n) is 21.2. The van der Waals surface area contributed by atoms with Crippen molar-refractivity contribution in [1.82, 2.24) is 9.79 Å². The van der Waals surface area contributed by atoms with E-state index in [0.29, 0.717) is 24.9 Å². The summed E-state index contributed by atoms with van der Waals surface area (Å²) in [6, 6.07) is 5.07. The molecule has 0 aliphatic carbocycles. The number of unbranched alkanes of at least 4 members (excludes halogenated alkanes) is 1. The summed E-state index contributed by atoms with van der Waals surface area (Å²) in [5.74, 6) is -1.17. The van der Waals surface area contributed by atoms with Gasteiger partial charge < -0.3 is 14.4 Å². The quantitative estimate of drug-likeness (QED) is 0.254. The van der Waals surface area contributed by atoms with Crippen LogP contribution < -0.4 is 15.1 Å². The number of alkyl halides is 3. The molecule has 10 nitrogen and oxygen atoms in total. The molecule has 1 aromatic carbocycles. The summed E-state index contributed by atoms with van der Waals surface area (Å²) in [5, 5.41) is 9.17.